The van der Waals surface area contributed by atoms with Gasteiger partial charge in [0.15, 0.2) is 0 Å². The lowest BCUT2D eigenvalue weighted by Gasteiger charge is -2.14. The first-order chi connectivity index (χ1) is 14.3. The third kappa shape index (κ3) is 6.04. The monoisotopic (exact) mass is 412 g/mol. The summed E-state index contributed by atoms with van der Waals surface area (Å²) in [5, 5.41) is 8.56. The highest BCUT2D eigenvalue weighted by atomic mass is 19.4. The molecule has 7 heteroatoms. The van der Waals surface area contributed by atoms with Gasteiger partial charge in [-0.1, -0.05) is 42.3 Å². The van der Waals surface area contributed by atoms with E-state index in [1.54, 1.807) is 60.7 Å². The van der Waals surface area contributed by atoms with E-state index in [9.17, 15) is 18.0 Å². The van der Waals surface area contributed by atoms with Gasteiger partial charge >= 0.3 is 12.3 Å². The number of carboxylic acids is 1. The van der Waals surface area contributed by atoms with Gasteiger partial charge < -0.3 is 14.6 Å². The first-order valence-corrected chi connectivity index (χ1v) is 8.72. The van der Waals surface area contributed by atoms with E-state index in [1.807, 2.05) is 5.92 Å². The summed E-state index contributed by atoms with van der Waals surface area (Å²) in [6.07, 6.45) is -4.78. The second-order valence-corrected chi connectivity index (χ2v) is 6.11. The summed E-state index contributed by atoms with van der Waals surface area (Å²) in [5.74, 6) is 3.58. The van der Waals surface area contributed by atoms with E-state index in [0.29, 0.717) is 22.4 Å². The minimum Gasteiger partial charge on any atom is -0.489 e. The fraction of sp³-hybridized carbons (Fsp3) is 0.0870. The van der Waals surface area contributed by atoms with Crippen molar-refractivity contribution < 1.29 is 32.5 Å². The van der Waals surface area contributed by atoms with E-state index < -0.39 is 12.3 Å². The number of carboxylic acid groups (broad SMARTS) is 1. The van der Waals surface area contributed by atoms with E-state index in [0.717, 1.165) is 5.56 Å². The Labute approximate surface area is 170 Å². The number of ether oxygens (including phenoxy) is 2. The molecule has 0 amide bonds. The maximum atomic E-state index is 12.7. The van der Waals surface area contributed by atoms with Gasteiger partial charge in [0.1, 0.15) is 18.1 Å². The highest BCUT2D eigenvalue weighted by Crippen LogP contribution is 2.34. The summed E-state index contributed by atoms with van der Waals surface area (Å²) >= 11 is 0. The fourth-order valence-corrected chi connectivity index (χ4v) is 2.67. The Kier molecular flexibility index (Phi) is 6.28. The topological polar surface area (TPSA) is 55.8 Å². The van der Waals surface area contributed by atoms with Crippen LogP contribution in [-0.2, 0) is 11.4 Å². The molecule has 0 aromatic heterocycles. The molecule has 0 spiro atoms. The average Bonchev–Trinajstić information content (AvgIpc) is 2.71. The van der Waals surface area contributed by atoms with Crippen molar-refractivity contribution in [2.24, 2.45) is 0 Å². The van der Waals surface area contributed by atoms with Gasteiger partial charge in [0.05, 0.1) is 0 Å². The lowest BCUT2D eigenvalue weighted by atomic mass is 10.0. The van der Waals surface area contributed by atoms with Gasteiger partial charge in [-0.25, -0.2) is 4.79 Å². The van der Waals surface area contributed by atoms with Crippen molar-refractivity contribution in [3.05, 3.63) is 83.9 Å². The molecular formula is C23H15F3O4. The summed E-state index contributed by atoms with van der Waals surface area (Å²) in [7, 11) is 0. The molecule has 3 rings (SSSR count). The van der Waals surface area contributed by atoms with Crippen molar-refractivity contribution in [1.29, 1.82) is 0 Å². The molecule has 30 heavy (non-hydrogen) atoms. The van der Waals surface area contributed by atoms with Crippen molar-refractivity contribution in [3.63, 3.8) is 0 Å². The number of halogens is 3. The number of para-hydroxylation sites is 1. The van der Waals surface area contributed by atoms with E-state index in [2.05, 4.69) is 10.7 Å². The highest BCUT2D eigenvalue weighted by Gasteiger charge is 2.32. The second kappa shape index (κ2) is 9.05. The summed E-state index contributed by atoms with van der Waals surface area (Å²) in [6.45, 7) is 0.191. The lowest BCUT2D eigenvalue weighted by molar-refractivity contribution is -0.274. The molecule has 0 radical (unpaired) electrons. The molecule has 4 nitrogen and oxygen atoms in total. The van der Waals surface area contributed by atoms with Gasteiger partial charge in [0.2, 0.25) is 0 Å². The minimum atomic E-state index is -4.78. The standard InChI is InChI=1S/C23H15F3O4/c24-23(25,26)30-21-7-2-1-6-20(21)18-5-3-4-17(14-18)15-29-19-11-8-16(9-12-19)10-13-22(27)28/h1-9,11-12,14H,15H2,(H,27,28). The molecule has 0 unspecified atom stereocenters. The van der Waals surface area contributed by atoms with Gasteiger partial charge in [-0.2, -0.15) is 0 Å². The summed E-state index contributed by atoms with van der Waals surface area (Å²) in [4.78, 5) is 10.5. The van der Waals surface area contributed by atoms with Crippen LogP contribution in [0.2, 0.25) is 0 Å². The largest absolute Gasteiger partial charge is 0.573 e. The zero-order valence-electron chi connectivity index (χ0n) is 15.4. The molecule has 0 bridgehead atoms. The average molecular weight is 412 g/mol. The van der Waals surface area contributed by atoms with Crippen LogP contribution in [0.5, 0.6) is 11.5 Å². The van der Waals surface area contributed by atoms with Crippen LogP contribution in [0.25, 0.3) is 11.1 Å². The molecule has 0 aliphatic carbocycles. The summed E-state index contributed by atoms with van der Waals surface area (Å²) in [5.41, 5.74) is 2.17. The highest BCUT2D eigenvalue weighted by molar-refractivity contribution is 5.87. The molecule has 0 saturated carbocycles. The number of carbonyl (C=O) groups is 1. The minimum absolute atomic E-state index is 0.191. The molecule has 0 aliphatic rings. The Balaban J connectivity index is 1.73. The van der Waals surface area contributed by atoms with E-state index >= 15 is 0 Å². The van der Waals surface area contributed by atoms with Crippen molar-refractivity contribution in [3.8, 4) is 34.5 Å². The van der Waals surface area contributed by atoms with Gasteiger partial charge in [0.25, 0.3) is 0 Å². The molecule has 0 fully saturated rings. The maximum Gasteiger partial charge on any atom is 0.573 e. The Morgan fingerprint density at radius 2 is 1.70 bits per heavy atom. The zero-order valence-corrected chi connectivity index (χ0v) is 15.4. The van der Waals surface area contributed by atoms with Crippen molar-refractivity contribution in [2.45, 2.75) is 13.0 Å². The Morgan fingerprint density at radius 3 is 2.40 bits per heavy atom. The number of alkyl halides is 3. The first kappa shape index (κ1) is 20.8. The van der Waals surface area contributed by atoms with Crippen LogP contribution in [0, 0.1) is 11.8 Å². The molecule has 152 valence electrons. The predicted octanol–water partition coefficient (Wildman–Crippen LogP) is 5.27. The molecule has 0 aliphatic heterocycles. The molecule has 1 N–H and O–H groups in total. The smallest absolute Gasteiger partial charge is 0.489 e. The first-order valence-electron chi connectivity index (χ1n) is 8.72. The Morgan fingerprint density at radius 1 is 0.967 bits per heavy atom. The third-order valence-corrected chi connectivity index (χ3v) is 3.92. The number of hydrogen-bond acceptors (Lipinski definition) is 3. The lowest BCUT2D eigenvalue weighted by Crippen LogP contribution is -2.17. The number of benzene rings is 3. The number of aliphatic carboxylic acids is 1. The fourth-order valence-electron chi connectivity index (χ4n) is 2.67. The van der Waals surface area contributed by atoms with Gasteiger partial charge in [-0.3, -0.25) is 0 Å². The van der Waals surface area contributed by atoms with Crippen molar-refractivity contribution in [2.75, 3.05) is 0 Å². The van der Waals surface area contributed by atoms with Crippen LogP contribution in [0.15, 0.2) is 72.8 Å². The normalized spacial score (nSPS) is 10.6. The maximum absolute atomic E-state index is 12.7. The van der Waals surface area contributed by atoms with E-state index in [1.165, 1.54) is 12.1 Å². The van der Waals surface area contributed by atoms with E-state index in [4.69, 9.17) is 9.84 Å². The van der Waals surface area contributed by atoms with E-state index in [-0.39, 0.29) is 12.4 Å². The van der Waals surface area contributed by atoms with Crippen LogP contribution in [-0.4, -0.2) is 17.4 Å². The van der Waals surface area contributed by atoms with Crippen molar-refractivity contribution in [1.82, 2.24) is 0 Å². The summed E-state index contributed by atoms with van der Waals surface area (Å²) in [6, 6.07) is 19.4. The predicted molar refractivity (Wildman–Crippen MR) is 104 cm³/mol. The summed E-state index contributed by atoms with van der Waals surface area (Å²) < 4.78 is 47.8. The quantitative estimate of drug-likeness (QED) is 0.581. The number of hydrogen-bond donors (Lipinski definition) is 1. The van der Waals surface area contributed by atoms with Crippen LogP contribution in [0.4, 0.5) is 13.2 Å². The van der Waals surface area contributed by atoms with Crippen LogP contribution < -0.4 is 9.47 Å². The van der Waals surface area contributed by atoms with Crippen molar-refractivity contribution >= 4 is 5.97 Å². The van der Waals surface area contributed by atoms with Gasteiger partial charge in [-0.15, -0.1) is 13.2 Å². The zero-order chi connectivity index (χ0) is 21.6. The molecule has 0 saturated heterocycles. The molecule has 0 heterocycles. The van der Waals surface area contributed by atoms with Gasteiger partial charge in [0, 0.05) is 17.0 Å². The Bertz CT molecular complexity index is 1090. The van der Waals surface area contributed by atoms with Crippen LogP contribution >= 0.6 is 0 Å². The number of rotatable bonds is 5. The molecular weight excluding hydrogens is 397 g/mol. The third-order valence-electron chi connectivity index (χ3n) is 3.92. The van der Waals surface area contributed by atoms with Gasteiger partial charge in [-0.05, 0) is 47.5 Å². The van der Waals surface area contributed by atoms with Crippen LogP contribution in [0.1, 0.15) is 11.1 Å². The molecule has 3 aromatic rings. The molecule has 0 atom stereocenters. The van der Waals surface area contributed by atoms with Crippen LogP contribution in [0.3, 0.4) is 0 Å². The second-order valence-electron chi connectivity index (χ2n) is 6.11. The SMILES string of the molecule is O=C(O)C#Cc1ccc(OCc2cccc(-c3ccccc3OC(F)(F)F)c2)cc1. The Hall–Kier alpha value is -3.92. The molecule has 3 aromatic carbocycles.